The van der Waals surface area contributed by atoms with E-state index in [0.29, 0.717) is 6.04 Å². The van der Waals surface area contributed by atoms with Crippen LogP contribution >= 0.6 is 11.6 Å². The number of nitrogens with zero attached hydrogens (tertiary/aromatic N) is 3. The van der Waals surface area contributed by atoms with Gasteiger partial charge in [0.2, 0.25) is 5.28 Å². The molecule has 1 aromatic rings. The maximum atomic E-state index is 10.3. The molecule has 0 amide bonds. The Morgan fingerprint density at radius 2 is 2.14 bits per heavy atom. The smallest absolute Gasteiger partial charge is 0.253 e. The van der Waals surface area contributed by atoms with Gasteiger partial charge in [-0.2, -0.15) is 9.54 Å². The molecule has 0 bridgehead atoms. The first-order chi connectivity index (χ1) is 10.2. The van der Waals surface area contributed by atoms with Crippen LogP contribution < -0.4 is 4.90 Å². The lowest BCUT2D eigenvalue weighted by Crippen LogP contribution is -2.41. The molecule has 116 valence electrons. The van der Waals surface area contributed by atoms with Crippen molar-refractivity contribution < 1.29 is 9.29 Å². The lowest BCUT2D eigenvalue weighted by molar-refractivity contribution is 0.0841. The molecule has 1 aromatic heterocycles. The fourth-order valence-corrected chi connectivity index (χ4v) is 4.62. The van der Waals surface area contributed by atoms with Crippen molar-refractivity contribution in [3.63, 3.8) is 0 Å². The summed E-state index contributed by atoms with van der Waals surface area (Å²) in [6.45, 7) is 4.66. The monoisotopic (exact) mass is 330 g/mol. The zero-order valence-corrected chi connectivity index (χ0v) is 13.8. The maximum Gasteiger partial charge on any atom is 0.253 e. The Morgan fingerprint density at radius 3 is 2.86 bits per heavy atom. The van der Waals surface area contributed by atoms with Gasteiger partial charge in [-0.05, 0) is 30.9 Å². The van der Waals surface area contributed by atoms with Crippen LogP contribution in [0.15, 0.2) is 4.90 Å². The van der Waals surface area contributed by atoms with E-state index in [1.807, 2.05) is 0 Å². The van der Waals surface area contributed by atoms with E-state index in [4.69, 9.17) is 16.3 Å². The quantitative estimate of drug-likeness (QED) is 0.679. The predicted octanol–water partition coefficient (Wildman–Crippen LogP) is 2.53. The standard InChI is InChI=1S/C14H21ClN3O2S/c1-2-6-18(10-3-7-20-8-4-10)13-12-11(5-9-21(12)19)16-14(15)17-13/h10,19H,2-9H2,1H3/q+1. The molecule has 21 heavy (non-hydrogen) atoms. The first kappa shape index (κ1) is 15.3. The van der Waals surface area contributed by atoms with Crippen LogP contribution in [-0.4, -0.2) is 46.1 Å². The van der Waals surface area contributed by atoms with Crippen LogP contribution in [0.5, 0.6) is 0 Å². The minimum atomic E-state index is -0.753. The van der Waals surface area contributed by atoms with Gasteiger partial charge in [-0.1, -0.05) is 6.92 Å². The third-order valence-corrected chi connectivity index (χ3v) is 5.68. The Morgan fingerprint density at radius 1 is 1.38 bits per heavy atom. The van der Waals surface area contributed by atoms with Gasteiger partial charge in [0.25, 0.3) is 4.90 Å². The molecule has 1 saturated heterocycles. The van der Waals surface area contributed by atoms with Gasteiger partial charge in [0.15, 0.2) is 22.7 Å². The zero-order valence-electron chi connectivity index (χ0n) is 12.2. The molecule has 1 unspecified atom stereocenters. The van der Waals surface area contributed by atoms with Gasteiger partial charge >= 0.3 is 0 Å². The van der Waals surface area contributed by atoms with Crippen molar-refractivity contribution in [2.75, 3.05) is 30.4 Å². The molecule has 1 fully saturated rings. The van der Waals surface area contributed by atoms with Crippen molar-refractivity contribution in [2.24, 2.45) is 0 Å². The lowest BCUT2D eigenvalue weighted by atomic mass is 10.1. The molecule has 5 nitrogen and oxygen atoms in total. The summed E-state index contributed by atoms with van der Waals surface area (Å²) in [5.41, 5.74) is 0.920. The van der Waals surface area contributed by atoms with Gasteiger partial charge in [0, 0.05) is 32.2 Å². The van der Waals surface area contributed by atoms with E-state index >= 15 is 0 Å². The Kier molecular flexibility index (Phi) is 4.88. The zero-order chi connectivity index (χ0) is 14.8. The normalized spacial score (nSPS) is 22.3. The summed E-state index contributed by atoms with van der Waals surface area (Å²) < 4.78 is 15.8. The van der Waals surface area contributed by atoms with E-state index < -0.39 is 11.2 Å². The van der Waals surface area contributed by atoms with Crippen LogP contribution in [-0.2, 0) is 22.3 Å². The van der Waals surface area contributed by atoms with Crippen molar-refractivity contribution >= 4 is 28.6 Å². The third kappa shape index (κ3) is 3.13. The molecular formula is C14H21ClN3O2S+. The van der Waals surface area contributed by atoms with E-state index in [2.05, 4.69) is 21.8 Å². The first-order valence-electron chi connectivity index (χ1n) is 7.51. The van der Waals surface area contributed by atoms with E-state index in [0.717, 1.165) is 67.6 Å². The Balaban J connectivity index is 1.98. The summed E-state index contributed by atoms with van der Waals surface area (Å²) in [7, 11) is 0. The van der Waals surface area contributed by atoms with Crippen molar-refractivity contribution in [2.45, 2.75) is 43.5 Å². The number of halogens is 1. The van der Waals surface area contributed by atoms with Gasteiger partial charge in [-0.15, -0.1) is 0 Å². The number of rotatable bonds is 4. The summed E-state index contributed by atoms with van der Waals surface area (Å²) in [6, 6.07) is 0.409. The molecule has 1 N–H and O–H groups in total. The first-order valence-corrected chi connectivity index (χ1v) is 9.24. The number of anilines is 1. The van der Waals surface area contributed by atoms with Crippen LogP contribution in [0.2, 0.25) is 5.28 Å². The topological polar surface area (TPSA) is 58.5 Å². The van der Waals surface area contributed by atoms with Crippen LogP contribution in [0.25, 0.3) is 0 Å². The van der Waals surface area contributed by atoms with Gasteiger partial charge < -0.3 is 9.64 Å². The van der Waals surface area contributed by atoms with Crippen molar-refractivity contribution in [3.05, 3.63) is 11.0 Å². The van der Waals surface area contributed by atoms with Crippen LogP contribution in [0.3, 0.4) is 0 Å². The largest absolute Gasteiger partial charge is 0.381 e. The molecule has 0 aromatic carbocycles. The molecule has 3 rings (SSSR count). The molecule has 3 heterocycles. The molecule has 2 aliphatic heterocycles. The van der Waals surface area contributed by atoms with E-state index in [9.17, 15) is 4.55 Å². The second-order valence-corrected chi connectivity index (χ2v) is 7.33. The molecule has 2 aliphatic rings. The summed E-state index contributed by atoms with van der Waals surface area (Å²) in [5, 5.41) is 0.288. The Labute approximate surface area is 133 Å². The van der Waals surface area contributed by atoms with Gasteiger partial charge in [-0.3, -0.25) is 0 Å². The summed E-state index contributed by atoms with van der Waals surface area (Å²) >= 11 is 5.35. The SMILES string of the molecule is CCCN(c1nc(Cl)nc2c1[S+](O)CC2)C1CCOCC1. The highest BCUT2D eigenvalue weighted by atomic mass is 35.5. The molecule has 0 aliphatic carbocycles. The second-order valence-electron chi connectivity index (χ2n) is 5.45. The number of ether oxygens (including phenoxy) is 1. The number of aryl methyl sites for hydroxylation is 1. The van der Waals surface area contributed by atoms with Crippen molar-refractivity contribution in [1.82, 2.24) is 9.97 Å². The van der Waals surface area contributed by atoms with E-state index in [1.165, 1.54) is 0 Å². The highest BCUT2D eigenvalue weighted by Gasteiger charge is 2.40. The molecular weight excluding hydrogens is 310 g/mol. The minimum absolute atomic E-state index is 0.288. The van der Waals surface area contributed by atoms with E-state index in [-0.39, 0.29) is 5.28 Å². The van der Waals surface area contributed by atoms with E-state index in [1.54, 1.807) is 0 Å². The Bertz CT molecular complexity index is 511. The molecule has 0 radical (unpaired) electrons. The van der Waals surface area contributed by atoms with Crippen LogP contribution in [0.4, 0.5) is 5.82 Å². The molecule has 0 saturated carbocycles. The van der Waals surface area contributed by atoms with Gasteiger partial charge in [0.05, 0.1) is 0 Å². The highest BCUT2D eigenvalue weighted by Crippen LogP contribution is 2.35. The number of aromatic nitrogens is 2. The third-order valence-electron chi connectivity index (χ3n) is 4.03. The van der Waals surface area contributed by atoms with Gasteiger partial charge in [0.1, 0.15) is 5.69 Å². The maximum absolute atomic E-state index is 10.3. The van der Waals surface area contributed by atoms with Crippen LogP contribution in [0, 0.1) is 0 Å². The Hall–Kier alpha value is -0.560. The summed E-state index contributed by atoms with van der Waals surface area (Å²) in [4.78, 5) is 12.0. The second kappa shape index (κ2) is 6.69. The van der Waals surface area contributed by atoms with Gasteiger partial charge in [-0.25, -0.2) is 4.98 Å². The fraction of sp³-hybridized carbons (Fsp3) is 0.714. The molecule has 7 heteroatoms. The highest BCUT2D eigenvalue weighted by molar-refractivity contribution is 7.92. The number of hydrogen-bond acceptors (Lipinski definition) is 5. The molecule has 0 spiro atoms. The van der Waals surface area contributed by atoms with Crippen LogP contribution in [0.1, 0.15) is 31.9 Å². The predicted molar refractivity (Wildman–Crippen MR) is 85.4 cm³/mol. The fourth-order valence-electron chi connectivity index (χ4n) is 3.05. The lowest BCUT2D eigenvalue weighted by Gasteiger charge is -2.35. The average molecular weight is 331 g/mol. The summed E-state index contributed by atoms with van der Waals surface area (Å²) in [5.74, 6) is 1.59. The average Bonchev–Trinajstić information content (AvgIpc) is 2.86. The summed E-state index contributed by atoms with van der Waals surface area (Å²) in [6.07, 6.45) is 3.82. The number of fused-ring (bicyclic) bond motifs is 1. The molecule has 1 atom stereocenters. The van der Waals surface area contributed by atoms with Crippen molar-refractivity contribution in [3.8, 4) is 0 Å². The van der Waals surface area contributed by atoms with Crippen molar-refractivity contribution in [1.29, 1.82) is 0 Å². The minimum Gasteiger partial charge on any atom is -0.381 e. The number of hydrogen-bond donors (Lipinski definition) is 1.